The van der Waals surface area contributed by atoms with Crippen molar-refractivity contribution in [3.8, 4) is 11.6 Å². The summed E-state index contributed by atoms with van der Waals surface area (Å²) < 4.78 is 7.09. The number of aryl methyl sites for hydroxylation is 1. The maximum atomic E-state index is 12.6. The Labute approximate surface area is 169 Å². The first kappa shape index (κ1) is 20.4. The first-order chi connectivity index (χ1) is 13.5. The highest BCUT2D eigenvalue weighted by Crippen LogP contribution is 2.20. The van der Waals surface area contributed by atoms with Crippen LogP contribution in [0.25, 0.3) is 5.69 Å². The Morgan fingerprint density at radius 1 is 1.29 bits per heavy atom. The highest BCUT2D eigenvalue weighted by atomic mass is 35.5. The smallest absolute Gasteiger partial charge is 0.271 e. The van der Waals surface area contributed by atoms with Gasteiger partial charge in [-0.3, -0.25) is 9.59 Å². The first-order valence-corrected chi connectivity index (χ1v) is 10.2. The van der Waals surface area contributed by atoms with Crippen LogP contribution in [-0.4, -0.2) is 27.8 Å². The summed E-state index contributed by atoms with van der Waals surface area (Å²) in [5, 5.41) is 7.90. The van der Waals surface area contributed by atoms with Crippen molar-refractivity contribution >= 4 is 17.5 Å². The van der Waals surface area contributed by atoms with Crippen molar-refractivity contribution in [2.75, 3.05) is 0 Å². The Morgan fingerprint density at radius 2 is 2.04 bits per heavy atom. The summed E-state index contributed by atoms with van der Waals surface area (Å²) in [5.74, 6) is 0.0949. The van der Waals surface area contributed by atoms with E-state index in [0.717, 1.165) is 31.2 Å². The van der Waals surface area contributed by atoms with E-state index in [0.29, 0.717) is 17.1 Å². The van der Waals surface area contributed by atoms with Crippen LogP contribution in [0.2, 0.25) is 5.02 Å². The predicted octanol–water partition coefficient (Wildman–Crippen LogP) is 3.80. The van der Waals surface area contributed by atoms with Crippen molar-refractivity contribution in [3.05, 3.63) is 51.3 Å². The van der Waals surface area contributed by atoms with Crippen molar-refractivity contribution in [1.82, 2.24) is 15.1 Å². The molecule has 3 rings (SSSR count). The number of halogens is 1. The van der Waals surface area contributed by atoms with Gasteiger partial charge >= 0.3 is 0 Å². The maximum Gasteiger partial charge on any atom is 0.271 e. The minimum Gasteiger partial charge on any atom is -0.463 e. The van der Waals surface area contributed by atoms with Crippen LogP contribution in [0.3, 0.4) is 0 Å². The number of hydrogen-bond donors (Lipinski definition) is 1. The SMILES string of the molecule is CC[C@@H](Oc1ccc(=O)n(-c2cc(Cl)ccc2C)n1)C(=O)NC1CCCCC1. The zero-order chi connectivity index (χ0) is 20.1. The fourth-order valence-electron chi connectivity index (χ4n) is 3.45. The molecule has 0 saturated heterocycles. The molecule has 1 N–H and O–H groups in total. The number of amides is 1. The highest BCUT2D eigenvalue weighted by molar-refractivity contribution is 6.30. The van der Waals surface area contributed by atoms with Gasteiger partial charge in [-0.05, 0) is 43.9 Å². The molecule has 1 fully saturated rings. The van der Waals surface area contributed by atoms with Crippen LogP contribution in [0.1, 0.15) is 51.0 Å². The van der Waals surface area contributed by atoms with Crippen LogP contribution in [0, 0.1) is 6.92 Å². The standard InChI is InChI=1S/C21H26ClN3O3/c1-3-18(21(27)23-16-7-5-4-6-8-16)28-19-11-12-20(26)25(24-19)17-13-15(22)10-9-14(17)2/h9-13,16,18H,3-8H2,1-2H3,(H,23,27)/t18-/m1/s1. The number of ether oxygens (including phenoxy) is 1. The van der Waals surface area contributed by atoms with Crippen LogP contribution in [0.15, 0.2) is 35.1 Å². The lowest BCUT2D eigenvalue weighted by Crippen LogP contribution is -2.44. The Bertz CT molecular complexity index is 891. The summed E-state index contributed by atoms with van der Waals surface area (Å²) >= 11 is 6.07. The third-order valence-electron chi connectivity index (χ3n) is 5.05. The molecule has 0 bridgehead atoms. The molecule has 0 radical (unpaired) electrons. The molecular formula is C21H26ClN3O3. The molecule has 1 heterocycles. The summed E-state index contributed by atoms with van der Waals surface area (Å²) in [7, 11) is 0. The van der Waals surface area contributed by atoms with Crippen molar-refractivity contribution in [2.24, 2.45) is 0 Å². The Morgan fingerprint density at radius 3 is 2.75 bits per heavy atom. The fraction of sp³-hybridized carbons (Fsp3) is 0.476. The quantitative estimate of drug-likeness (QED) is 0.796. The van der Waals surface area contributed by atoms with E-state index in [4.69, 9.17) is 16.3 Å². The van der Waals surface area contributed by atoms with Gasteiger partial charge in [0.25, 0.3) is 11.5 Å². The summed E-state index contributed by atoms with van der Waals surface area (Å²) in [5.41, 5.74) is 1.15. The minimum atomic E-state index is -0.652. The number of aromatic nitrogens is 2. The largest absolute Gasteiger partial charge is 0.463 e. The molecule has 150 valence electrons. The number of carbonyl (C=O) groups excluding carboxylic acids is 1. The minimum absolute atomic E-state index is 0.132. The summed E-state index contributed by atoms with van der Waals surface area (Å²) in [4.78, 5) is 24.9. The number of nitrogens with zero attached hydrogens (tertiary/aromatic N) is 2. The summed E-state index contributed by atoms with van der Waals surface area (Å²) in [6.07, 6.45) is 5.41. The number of carbonyl (C=O) groups is 1. The average molecular weight is 404 g/mol. The van der Waals surface area contributed by atoms with Crippen LogP contribution < -0.4 is 15.6 Å². The second kappa shape index (κ2) is 9.24. The Hall–Kier alpha value is -2.34. The molecule has 1 aromatic carbocycles. The second-order valence-electron chi connectivity index (χ2n) is 7.21. The molecule has 6 nitrogen and oxygen atoms in total. The first-order valence-electron chi connectivity index (χ1n) is 9.82. The van der Waals surface area contributed by atoms with Crippen molar-refractivity contribution in [1.29, 1.82) is 0 Å². The third kappa shape index (κ3) is 4.93. The van der Waals surface area contributed by atoms with Crippen molar-refractivity contribution in [2.45, 2.75) is 64.5 Å². The van der Waals surface area contributed by atoms with Gasteiger partial charge in [0.15, 0.2) is 6.10 Å². The Balaban J connectivity index is 1.78. The van der Waals surface area contributed by atoms with Crippen LogP contribution >= 0.6 is 11.6 Å². The van der Waals surface area contributed by atoms with Crippen molar-refractivity contribution in [3.63, 3.8) is 0 Å². The fourth-order valence-corrected chi connectivity index (χ4v) is 3.62. The van der Waals surface area contributed by atoms with Crippen LogP contribution in [-0.2, 0) is 4.79 Å². The molecular weight excluding hydrogens is 378 g/mol. The van der Waals surface area contributed by atoms with Crippen LogP contribution in [0.4, 0.5) is 0 Å². The average Bonchev–Trinajstić information content (AvgIpc) is 2.70. The molecule has 1 aliphatic carbocycles. The van der Waals surface area contributed by atoms with E-state index in [1.54, 1.807) is 12.1 Å². The molecule has 0 aliphatic heterocycles. The molecule has 1 amide bonds. The van der Waals surface area contributed by atoms with E-state index in [1.165, 1.54) is 23.2 Å². The molecule has 1 aliphatic rings. The molecule has 7 heteroatoms. The third-order valence-corrected chi connectivity index (χ3v) is 5.29. The van der Waals surface area contributed by atoms with Gasteiger partial charge in [-0.1, -0.05) is 43.9 Å². The zero-order valence-electron chi connectivity index (χ0n) is 16.3. The van der Waals surface area contributed by atoms with E-state index in [9.17, 15) is 9.59 Å². The molecule has 0 spiro atoms. The number of benzene rings is 1. The highest BCUT2D eigenvalue weighted by Gasteiger charge is 2.23. The predicted molar refractivity (Wildman–Crippen MR) is 109 cm³/mol. The summed E-state index contributed by atoms with van der Waals surface area (Å²) in [6.45, 7) is 3.77. The molecule has 0 unspecified atom stereocenters. The number of rotatable bonds is 6. The van der Waals surface area contributed by atoms with E-state index < -0.39 is 6.10 Å². The number of hydrogen-bond acceptors (Lipinski definition) is 4. The van der Waals surface area contributed by atoms with Gasteiger partial charge in [0.1, 0.15) is 0 Å². The lowest BCUT2D eigenvalue weighted by atomic mass is 9.95. The van der Waals surface area contributed by atoms with Gasteiger partial charge in [-0.15, -0.1) is 5.10 Å². The molecule has 2 aromatic rings. The topological polar surface area (TPSA) is 73.2 Å². The van der Waals surface area contributed by atoms with E-state index >= 15 is 0 Å². The number of nitrogens with one attached hydrogen (secondary N) is 1. The van der Waals surface area contributed by atoms with Gasteiger partial charge in [0.2, 0.25) is 5.88 Å². The second-order valence-corrected chi connectivity index (χ2v) is 7.65. The van der Waals surface area contributed by atoms with E-state index in [1.807, 2.05) is 19.9 Å². The maximum absolute atomic E-state index is 12.6. The van der Waals surface area contributed by atoms with Crippen molar-refractivity contribution < 1.29 is 9.53 Å². The van der Waals surface area contributed by atoms with Gasteiger partial charge in [0.05, 0.1) is 5.69 Å². The lowest BCUT2D eigenvalue weighted by Gasteiger charge is -2.25. The normalized spacial score (nSPS) is 15.8. The zero-order valence-corrected chi connectivity index (χ0v) is 17.0. The lowest BCUT2D eigenvalue weighted by molar-refractivity contribution is -0.129. The Kier molecular flexibility index (Phi) is 6.73. The van der Waals surface area contributed by atoms with Gasteiger partial charge < -0.3 is 10.1 Å². The molecule has 1 saturated carbocycles. The molecule has 28 heavy (non-hydrogen) atoms. The molecule has 1 aromatic heterocycles. The van der Waals surface area contributed by atoms with Gasteiger partial charge in [0, 0.05) is 23.2 Å². The van der Waals surface area contributed by atoms with Gasteiger partial charge in [-0.2, -0.15) is 4.68 Å². The van der Waals surface area contributed by atoms with E-state index in [2.05, 4.69) is 10.4 Å². The van der Waals surface area contributed by atoms with Crippen LogP contribution in [0.5, 0.6) is 5.88 Å². The molecule has 1 atom stereocenters. The van der Waals surface area contributed by atoms with E-state index in [-0.39, 0.29) is 23.4 Å². The summed E-state index contributed by atoms with van der Waals surface area (Å²) in [6, 6.07) is 8.36. The monoisotopic (exact) mass is 403 g/mol. The van der Waals surface area contributed by atoms with Gasteiger partial charge in [-0.25, -0.2) is 0 Å².